The average molecular weight is 483 g/mol. The molecule has 1 aliphatic rings. The topological polar surface area (TPSA) is 50.7 Å². The van der Waals surface area contributed by atoms with Crippen LogP contribution in [-0.2, 0) is 6.54 Å². The summed E-state index contributed by atoms with van der Waals surface area (Å²) in [7, 11) is 0.206. The summed E-state index contributed by atoms with van der Waals surface area (Å²) in [5, 5.41) is 4.14. The average Bonchev–Trinajstić information content (AvgIpc) is 2.79. The Morgan fingerprint density at radius 2 is 1.94 bits per heavy atom. The van der Waals surface area contributed by atoms with Gasteiger partial charge in [0.15, 0.2) is 5.65 Å². The highest BCUT2D eigenvalue weighted by Gasteiger charge is 2.22. The Balaban J connectivity index is 0.00000141. The second kappa shape index (κ2) is 11.1. The van der Waals surface area contributed by atoms with Crippen molar-refractivity contribution in [2.75, 3.05) is 16.8 Å². The van der Waals surface area contributed by atoms with Crippen molar-refractivity contribution < 1.29 is 13.2 Å². The van der Waals surface area contributed by atoms with E-state index in [4.69, 9.17) is 11.6 Å². The van der Waals surface area contributed by atoms with Crippen LogP contribution in [0.3, 0.4) is 0 Å². The second-order valence-electron chi connectivity index (χ2n) is 7.23. The van der Waals surface area contributed by atoms with Gasteiger partial charge >= 0.3 is 0 Å². The fourth-order valence-electron chi connectivity index (χ4n) is 3.67. The first-order valence-electron chi connectivity index (χ1n) is 10.5. The molecule has 1 aliphatic heterocycles. The maximum atomic E-state index is 14.3. The molecule has 1 N–H and O–H groups in total. The van der Waals surface area contributed by atoms with Crippen molar-refractivity contribution in [1.82, 2.24) is 15.0 Å². The molecule has 3 heterocycles. The van der Waals surface area contributed by atoms with Crippen molar-refractivity contribution in [3.8, 4) is 0 Å². The lowest BCUT2D eigenvalue weighted by atomic mass is 9.94. The molecule has 0 aliphatic carbocycles. The van der Waals surface area contributed by atoms with Crippen molar-refractivity contribution in [2.45, 2.75) is 45.6 Å². The van der Waals surface area contributed by atoms with Crippen LogP contribution in [0, 0.1) is 5.82 Å². The third-order valence-corrected chi connectivity index (χ3v) is 7.27. The molecule has 1 aromatic carbocycles. The Kier molecular flexibility index (Phi) is 8.48. The molecule has 3 aromatic rings. The minimum absolute atomic E-state index is 0.00417. The van der Waals surface area contributed by atoms with E-state index in [0.717, 1.165) is 36.0 Å². The minimum atomic E-state index is -2.87. The standard InChI is InChI=1S/C21H20ClF3N4S.C2H6/c1-30-7-5-12(6-8-30)15-9-16-20(27-11-28-21(16)29-18(15)22)26-10-13-3-2-4-14(17(13)23)19(24)25;1-2/h2-4,9,11-12,19H,1,5-8,10H2,(H,26,27,28,29);1-2H3. The van der Waals surface area contributed by atoms with E-state index in [0.29, 0.717) is 27.9 Å². The lowest BCUT2D eigenvalue weighted by Crippen LogP contribution is -2.11. The Hall–Kier alpha value is -2.19. The van der Waals surface area contributed by atoms with Crippen molar-refractivity contribution in [1.29, 1.82) is 0 Å². The number of nitrogens with one attached hydrogen (secondary N) is 1. The summed E-state index contributed by atoms with van der Waals surface area (Å²) < 4.78 is 40.3. The van der Waals surface area contributed by atoms with Crippen LogP contribution in [0.15, 0.2) is 30.6 Å². The highest BCUT2D eigenvalue weighted by Crippen LogP contribution is 2.38. The molecule has 9 heteroatoms. The van der Waals surface area contributed by atoms with Crippen molar-refractivity contribution in [3.05, 3.63) is 58.3 Å². The van der Waals surface area contributed by atoms with E-state index in [1.54, 1.807) is 0 Å². The highest BCUT2D eigenvalue weighted by atomic mass is 35.5. The van der Waals surface area contributed by atoms with E-state index in [1.807, 2.05) is 19.9 Å². The minimum Gasteiger partial charge on any atom is -0.365 e. The molecule has 32 heavy (non-hydrogen) atoms. The zero-order chi connectivity index (χ0) is 23.3. The molecular formula is C23H26ClF3N4S. The van der Waals surface area contributed by atoms with Gasteiger partial charge in [0, 0.05) is 12.1 Å². The van der Waals surface area contributed by atoms with Crippen molar-refractivity contribution in [3.63, 3.8) is 0 Å². The predicted molar refractivity (Wildman–Crippen MR) is 129 cm³/mol. The zero-order valence-electron chi connectivity index (χ0n) is 18.0. The molecule has 0 bridgehead atoms. The molecule has 1 saturated heterocycles. The van der Waals surface area contributed by atoms with Crippen LogP contribution in [0.2, 0.25) is 5.15 Å². The van der Waals surface area contributed by atoms with Gasteiger partial charge < -0.3 is 5.32 Å². The number of alkyl halides is 2. The summed E-state index contributed by atoms with van der Waals surface area (Å²) in [4.78, 5) is 12.9. The van der Waals surface area contributed by atoms with E-state index >= 15 is 0 Å². The maximum Gasteiger partial charge on any atom is 0.266 e. The summed E-state index contributed by atoms with van der Waals surface area (Å²) in [6, 6.07) is 5.91. The van der Waals surface area contributed by atoms with Crippen molar-refractivity contribution in [2.24, 2.45) is 0 Å². The molecule has 0 spiro atoms. The fraction of sp³-hybridized carbons (Fsp3) is 0.391. The lowest BCUT2D eigenvalue weighted by molar-refractivity contribution is 0.146. The van der Waals surface area contributed by atoms with E-state index in [2.05, 4.69) is 26.1 Å². The molecule has 4 rings (SSSR count). The molecule has 172 valence electrons. The van der Waals surface area contributed by atoms with Gasteiger partial charge in [-0.3, -0.25) is 0 Å². The normalized spacial score (nSPS) is 18.3. The number of rotatable bonds is 5. The van der Waals surface area contributed by atoms with Crippen molar-refractivity contribution >= 4 is 44.8 Å². The van der Waals surface area contributed by atoms with E-state index < -0.39 is 17.8 Å². The molecule has 2 aromatic heterocycles. The molecule has 4 nitrogen and oxygen atoms in total. The number of hydrogen-bond donors (Lipinski definition) is 1. The quantitative estimate of drug-likeness (QED) is 0.315. The summed E-state index contributed by atoms with van der Waals surface area (Å²) in [5.41, 5.74) is 0.899. The van der Waals surface area contributed by atoms with Gasteiger partial charge in [0.1, 0.15) is 23.1 Å². The van der Waals surface area contributed by atoms with E-state index in [-0.39, 0.29) is 22.6 Å². The Labute approximate surface area is 193 Å². The van der Waals surface area contributed by atoms with Crippen LogP contribution >= 0.6 is 22.1 Å². The number of anilines is 1. The SMILES string of the molecule is C=S1CCC(c2cc3c(NCc4cccc(C(F)F)c4F)ncnc3nc2Cl)CC1.CC. The Morgan fingerprint density at radius 3 is 2.62 bits per heavy atom. The first kappa shape index (κ1) is 24.5. The maximum absolute atomic E-state index is 14.3. The highest BCUT2D eigenvalue weighted by molar-refractivity contribution is 8.14. The van der Waals surface area contributed by atoms with Gasteiger partial charge in [-0.1, -0.05) is 49.5 Å². The summed E-state index contributed by atoms with van der Waals surface area (Å²) in [6.45, 7) is 4.00. The molecule has 1 fully saturated rings. The molecule has 0 unspecified atom stereocenters. The van der Waals surface area contributed by atoms with E-state index in [1.165, 1.54) is 18.5 Å². The summed E-state index contributed by atoms with van der Waals surface area (Å²) in [5.74, 6) is 6.14. The van der Waals surface area contributed by atoms with Gasteiger partial charge in [0.2, 0.25) is 0 Å². The largest absolute Gasteiger partial charge is 0.365 e. The zero-order valence-corrected chi connectivity index (χ0v) is 19.6. The molecule has 0 saturated carbocycles. The van der Waals surface area contributed by atoms with Gasteiger partial charge in [-0.15, -0.1) is 0 Å². The van der Waals surface area contributed by atoms with Crippen LogP contribution in [0.25, 0.3) is 11.0 Å². The third kappa shape index (κ3) is 5.41. The third-order valence-electron chi connectivity index (χ3n) is 5.34. The first-order chi connectivity index (χ1) is 15.4. The number of hydrogen-bond acceptors (Lipinski definition) is 4. The number of fused-ring (bicyclic) bond motifs is 1. The van der Waals surface area contributed by atoms with Crippen LogP contribution in [0.4, 0.5) is 19.0 Å². The first-order valence-corrected chi connectivity index (χ1v) is 12.6. The van der Waals surface area contributed by atoms with Gasteiger partial charge in [0.05, 0.1) is 10.9 Å². The van der Waals surface area contributed by atoms with Crippen LogP contribution in [0.5, 0.6) is 0 Å². The number of pyridine rings is 1. The number of nitrogens with zero attached hydrogens (tertiary/aromatic N) is 3. The Morgan fingerprint density at radius 1 is 1.22 bits per heavy atom. The van der Waals surface area contributed by atoms with Gasteiger partial charge in [-0.05, 0) is 41.9 Å². The van der Waals surface area contributed by atoms with Crippen LogP contribution < -0.4 is 5.32 Å². The van der Waals surface area contributed by atoms with Gasteiger partial charge in [-0.25, -0.2) is 28.1 Å². The monoisotopic (exact) mass is 482 g/mol. The van der Waals surface area contributed by atoms with E-state index in [9.17, 15) is 13.2 Å². The van der Waals surface area contributed by atoms with Gasteiger partial charge in [-0.2, -0.15) is 10.5 Å². The number of aromatic nitrogens is 3. The predicted octanol–water partition coefficient (Wildman–Crippen LogP) is 6.97. The van der Waals surface area contributed by atoms with Gasteiger partial charge in [0.25, 0.3) is 6.43 Å². The van der Waals surface area contributed by atoms with Crippen LogP contribution in [-0.4, -0.2) is 32.3 Å². The summed E-state index contributed by atoms with van der Waals surface area (Å²) >= 11 is 6.44. The molecule has 0 radical (unpaired) electrons. The number of benzene rings is 1. The molecular weight excluding hydrogens is 457 g/mol. The van der Waals surface area contributed by atoms with Crippen LogP contribution in [0.1, 0.15) is 55.7 Å². The smallest absolute Gasteiger partial charge is 0.266 e. The lowest BCUT2D eigenvalue weighted by Gasteiger charge is -2.25. The molecule has 0 amide bonds. The fourth-order valence-corrected chi connectivity index (χ4v) is 5.40. The summed E-state index contributed by atoms with van der Waals surface area (Å²) in [6.07, 6.45) is 0.477. The Bertz CT molecular complexity index is 1100. The second-order valence-corrected chi connectivity index (χ2v) is 9.63. The molecule has 0 atom stereocenters. The number of halogens is 4.